The first kappa shape index (κ1) is 22.1. The zero-order chi connectivity index (χ0) is 14.2. The molecule has 0 aliphatic heterocycles. The topological polar surface area (TPSA) is 70.5 Å². The molecule has 0 aromatic heterocycles. The molecule has 0 heterocycles. The molecule has 0 atom stereocenters. The van der Waals surface area contributed by atoms with E-state index in [1.165, 1.54) is 0 Å². The Morgan fingerprint density at radius 2 is 1.47 bits per heavy atom. The van der Waals surface area contributed by atoms with Crippen LogP contribution in [0.15, 0.2) is 0 Å². The Hall–Kier alpha value is -0.160. The second kappa shape index (κ2) is 18.2. The molecule has 0 saturated carbocycles. The van der Waals surface area contributed by atoms with Gasteiger partial charge in [-0.1, -0.05) is 20.8 Å². The van der Waals surface area contributed by atoms with Gasteiger partial charge in [-0.2, -0.15) is 0 Å². The van der Waals surface area contributed by atoms with Crippen LogP contribution >= 0.6 is 0 Å². The van der Waals surface area contributed by atoms with Crippen LogP contribution in [-0.4, -0.2) is 38.5 Å². The van der Waals surface area contributed by atoms with Gasteiger partial charge in [0.1, 0.15) is 0 Å². The smallest absolute Gasteiger partial charge is 0.0649 e. The number of ether oxygens (including phenoxy) is 2. The van der Waals surface area contributed by atoms with Gasteiger partial charge in [0.2, 0.25) is 0 Å². The number of rotatable bonds is 7. The Morgan fingerprint density at radius 1 is 1.00 bits per heavy atom. The van der Waals surface area contributed by atoms with Gasteiger partial charge >= 0.3 is 0 Å². The Bertz CT molecular complexity index is 120. The van der Waals surface area contributed by atoms with Crippen LogP contribution in [0.1, 0.15) is 48.0 Å². The third-order valence-electron chi connectivity index (χ3n) is 1.66. The average molecular weight is 250 g/mol. The molecular formula is C13H34N2O2. The van der Waals surface area contributed by atoms with Gasteiger partial charge in [0.15, 0.2) is 0 Å². The highest BCUT2D eigenvalue weighted by Gasteiger charge is 2.16. The number of hydrogen-bond acceptors (Lipinski definition) is 4. The third-order valence-corrected chi connectivity index (χ3v) is 1.66. The molecule has 4 heteroatoms. The van der Waals surface area contributed by atoms with Crippen molar-refractivity contribution in [2.75, 3.05) is 32.9 Å². The molecule has 0 spiro atoms. The minimum absolute atomic E-state index is 0.103. The SMILES string of the molecule is CC.CCN.CCOCCC(C)(C)OCCN. The van der Waals surface area contributed by atoms with Crippen molar-refractivity contribution in [2.45, 2.75) is 53.6 Å². The van der Waals surface area contributed by atoms with Crippen molar-refractivity contribution in [1.82, 2.24) is 0 Å². The van der Waals surface area contributed by atoms with Crippen molar-refractivity contribution in [1.29, 1.82) is 0 Å². The largest absolute Gasteiger partial charge is 0.382 e. The number of hydrogen-bond donors (Lipinski definition) is 2. The normalized spacial score (nSPS) is 9.88. The van der Waals surface area contributed by atoms with E-state index >= 15 is 0 Å². The molecule has 0 unspecified atom stereocenters. The minimum Gasteiger partial charge on any atom is -0.382 e. The fourth-order valence-electron chi connectivity index (χ4n) is 0.870. The van der Waals surface area contributed by atoms with Crippen LogP contribution in [-0.2, 0) is 9.47 Å². The van der Waals surface area contributed by atoms with Gasteiger partial charge in [0.05, 0.1) is 12.2 Å². The van der Waals surface area contributed by atoms with E-state index in [0.717, 1.165) is 26.2 Å². The lowest BCUT2D eigenvalue weighted by molar-refractivity contribution is -0.0361. The standard InChI is InChI=1S/C9H21NO2.C2H7N.C2H6/c1-4-11-7-5-9(2,3)12-8-6-10;1-2-3;1-2/h4-8,10H2,1-3H3;2-3H2,1H3;1-2H3. The fourth-order valence-corrected chi connectivity index (χ4v) is 0.870. The second-order valence-corrected chi connectivity index (χ2v) is 3.75. The summed E-state index contributed by atoms with van der Waals surface area (Å²) < 4.78 is 10.8. The highest BCUT2D eigenvalue weighted by atomic mass is 16.5. The summed E-state index contributed by atoms with van der Waals surface area (Å²) >= 11 is 0. The van der Waals surface area contributed by atoms with Crippen molar-refractivity contribution in [3.05, 3.63) is 0 Å². The summed E-state index contributed by atoms with van der Waals surface area (Å²) in [5, 5.41) is 0. The highest BCUT2D eigenvalue weighted by Crippen LogP contribution is 2.13. The lowest BCUT2D eigenvalue weighted by atomic mass is 10.1. The van der Waals surface area contributed by atoms with Crippen molar-refractivity contribution in [2.24, 2.45) is 11.5 Å². The molecule has 0 aromatic rings. The van der Waals surface area contributed by atoms with Gasteiger partial charge in [-0.15, -0.1) is 0 Å². The molecule has 0 bridgehead atoms. The first-order chi connectivity index (χ1) is 8.04. The zero-order valence-electron chi connectivity index (χ0n) is 12.7. The fraction of sp³-hybridized carbons (Fsp3) is 1.00. The van der Waals surface area contributed by atoms with Crippen LogP contribution in [0.4, 0.5) is 0 Å². The van der Waals surface area contributed by atoms with E-state index in [1.807, 2.05) is 27.7 Å². The maximum Gasteiger partial charge on any atom is 0.0649 e. The van der Waals surface area contributed by atoms with E-state index in [2.05, 4.69) is 13.8 Å². The van der Waals surface area contributed by atoms with Crippen molar-refractivity contribution in [3.8, 4) is 0 Å². The van der Waals surface area contributed by atoms with E-state index in [-0.39, 0.29) is 5.60 Å². The molecule has 108 valence electrons. The summed E-state index contributed by atoms with van der Waals surface area (Å²) in [6.07, 6.45) is 0.918. The maximum absolute atomic E-state index is 5.52. The summed E-state index contributed by atoms with van der Waals surface area (Å²) in [5.41, 5.74) is 10.1. The molecule has 0 amide bonds. The van der Waals surface area contributed by atoms with E-state index in [4.69, 9.17) is 20.9 Å². The van der Waals surface area contributed by atoms with E-state index in [0.29, 0.717) is 13.2 Å². The molecule has 0 aliphatic rings. The monoisotopic (exact) mass is 250 g/mol. The van der Waals surface area contributed by atoms with Crippen molar-refractivity contribution >= 4 is 0 Å². The van der Waals surface area contributed by atoms with E-state index in [1.54, 1.807) is 0 Å². The highest BCUT2D eigenvalue weighted by molar-refractivity contribution is 4.67. The number of nitrogens with two attached hydrogens (primary N) is 2. The van der Waals surface area contributed by atoms with Crippen molar-refractivity contribution in [3.63, 3.8) is 0 Å². The first-order valence-corrected chi connectivity index (χ1v) is 6.65. The lowest BCUT2D eigenvalue weighted by Gasteiger charge is -2.24. The summed E-state index contributed by atoms with van der Waals surface area (Å²) in [5.74, 6) is 0. The summed E-state index contributed by atoms with van der Waals surface area (Å²) in [6.45, 7) is 15.5. The van der Waals surface area contributed by atoms with E-state index < -0.39 is 0 Å². The first-order valence-electron chi connectivity index (χ1n) is 6.65. The Labute approximate surface area is 108 Å². The second-order valence-electron chi connectivity index (χ2n) is 3.75. The van der Waals surface area contributed by atoms with Gasteiger partial charge in [0, 0.05) is 19.8 Å². The maximum atomic E-state index is 5.52. The quantitative estimate of drug-likeness (QED) is 0.679. The molecule has 0 rings (SSSR count). The van der Waals surface area contributed by atoms with Gasteiger partial charge in [-0.25, -0.2) is 0 Å². The molecule has 0 fully saturated rings. The van der Waals surface area contributed by atoms with Crippen LogP contribution in [0.25, 0.3) is 0 Å². The Balaban J connectivity index is -0.000000337. The van der Waals surface area contributed by atoms with Crippen molar-refractivity contribution < 1.29 is 9.47 Å². The minimum atomic E-state index is -0.103. The summed E-state index contributed by atoms with van der Waals surface area (Å²) in [6, 6.07) is 0. The third kappa shape index (κ3) is 25.8. The van der Waals surface area contributed by atoms with Crippen LogP contribution < -0.4 is 11.5 Å². The summed E-state index contributed by atoms with van der Waals surface area (Å²) in [4.78, 5) is 0. The zero-order valence-corrected chi connectivity index (χ0v) is 12.7. The molecule has 0 saturated heterocycles. The Kier molecular flexibility index (Phi) is 23.6. The predicted molar refractivity (Wildman–Crippen MR) is 76.3 cm³/mol. The van der Waals surface area contributed by atoms with Gasteiger partial charge < -0.3 is 20.9 Å². The van der Waals surface area contributed by atoms with Gasteiger partial charge in [0.25, 0.3) is 0 Å². The molecule has 17 heavy (non-hydrogen) atoms. The lowest BCUT2D eigenvalue weighted by Crippen LogP contribution is -2.29. The van der Waals surface area contributed by atoms with Gasteiger partial charge in [-0.05, 0) is 33.7 Å². The molecule has 4 nitrogen and oxygen atoms in total. The van der Waals surface area contributed by atoms with Crippen LogP contribution in [0, 0.1) is 0 Å². The Morgan fingerprint density at radius 3 is 1.82 bits per heavy atom. The van der Waals surface area contributed by atoms with E-state index in [9.17, 15) is 0 Å². The van der Waals surface area contributed by atoms with Crippen LogP contribution in [0.3, 0.4) is 0 Å². The van der Waals surface area contributed by atoms with Crippen LogP contribution in [0.5, 0.6) is 0 Å². The molecular weight excluding hydrogens is 216 g/mol. The molecule has 0 aromatic carbocycles. The molecule has 0 aliphatic carbocycles. The predicted octanol–water partition coefficient (Wildman–Crippen LogP) is 2.16. The molecule has 0 radical (unpaired) electrons. The molecule has 4 N–H and O–H groups in total. The summed E-state index contributed by atoms with van der Waals surface area (Å²) in [7, 11) is 0. The average Bonchev–Trinajstić information content (AvgIpc) is 2.30. The van der Waals surface area contributed by atoms with Crippen LogP contribution in [0.2, 0.25) is 0 Å². The van der Waals surface area contributed by atoms with Gasteiger partial charge in [-0.3, -0.25) is 0 Å².